The fraction of sp³-hybridized carbons (Fsp3) is 0.500. The van der Waals surface area contributed by atoms with E-state index in [-0.39, 0.29) is 5.96 Å². The third kappa shape index (κ3) is 3.18. The van der Waals surface area contributed by atoms with Gasteiger partial charge in [-0.25, -0.2) is 0 Å². The first-order chi connectivity index (χ1) is 8.75. The van der Waals surface area contributed by atoms with Crippen molar-refractivity contribution in [3.63, 3.8) is 0 Å². The molecule has 0 radical (unpaired) electrons. The summed E-state index contributed by atoms with van der Waals surface area (Å²) in [6.07, 6.45) is 2.71. The Morgan fingerprint density at radius 3 is 2.32 bits per heavy atom. The minimum absolute atomic E-state index is 0.232. The molecule has 19 heavy (non-hydrogen) atoms. The van der Waals surface area contributed by atoms with E-state index in [4.69, 9.17) is 0 Å². The summed E-state index contributed by atoms with van der Waals surface area (Å²) in [5.41, 5.74) is 0. The summed E-state index contributed by atoms with van der Waals surface area (Å²) in [5, 5.41) is 0. The highest BCUT2D eigenvalue weighted by Gasteiger charge is 2.40. The number of carbonyl (C=O) groups excluding carboxylic acids is 3. The van der Waals surface area contributed by atoms with E-state index in [9.17, 15) is 14.4 Å². The third-order valence-corrected chi connectivity index (χ3v) is 2.56. The fourth-order valence-electron chi connectivity index (χ4n) is 1.60. The van der Waals surface area contributed by atoms with Crippen molar-refractivity contribution in [2.45, 2.75) is 0 Å². The number of allylic oxidation sites excluding steroid dienone is 1. The number of rotatable bonds is 3. The molecule has 7 nitrogen and oxygen atoms in total. The Hall–Kier alpha value is -2.18. The number of carbonyl (C=O) groups is 3. The van der Waals surface area contributed by atoms with Crippen LogP contribution in [0.4, 0.5) is 0 Å². The number of amides is 2. The van der Waals surface area contributed by atoms with Crippen LogP contribution in [0.2, 0.25) is 0 Å². The predicted octanol–water partition coefficient (Wildman–Crippen LogP) is -0.837. The van der Waals surface area contributed by atoms with E-state index in [2.05, 4.69) is 4.99 Å². The molecule has 1 atom stereocenters. The molecule has 0 spiro atoms. The molecule has 1 unspecified atom stereocenters. The molecule has 2 amide bonds. The summed E-state index contributed by atoms with van der Waals surface area (Å²) in [4.78, 5) is 44.0. The lowest BCUT2D eigenvalue weighted by Crippen LogP contribution is -2.52. The van der Waals surface area contributed by atoms with E-state index in [1.165, 1.54) is 24.2 Å². The van der Waals surface area contributed by atoms with Crippen molar-refractivity contribution in [2.24, 2.45) is 10.9 Å². The lowest BCUT2D eigenvalue weighted by Gasteiger charge is -2.30. The number of ketones is 1. The van der Waals surface area contributed by atoms with Gasteiger partial charge in [0.25, 0.3) is 5.91 Å². The highest BCUT2D eigenvalue weighted by molar-refractivity contribution is 6.27. The van der Waals surface area contributed by atoms with Crippen molar-refractivity contribution >= 4 is 23.6 Å². The Morgan fingerprint density at radius 2 is 1.84 bits per heavy atom. The van der Waals surface area contributed by atoms with Gasteiger partial charge in [-0.3, -0.25) is 19.3 Å². The quantitative estimate of drug-likeness (QED) is 0.492. The molecule has 1 heterocycles. The number of guanidine groups is 1. The first kappa shape index (κ1) is 14.9. The third-order valence-electron chi connectivity index (χ3n) is 2.56. The normalized spacial score (nSPS) is 19.7. The largest absolute Gasteiger partial charge is 0.383 e. The monoisotopic (exact) mass is 266 g/mol. The second-order valence-corrected chi connectivity index (χ2v) is 4.66. The highest BCUT2D eigenvalue weighted by Crippen LogP contribution is 2.14. The zero-order chi connectivity index (χ0) is 14.7. The van der Waals surface area contributed by atoms with Gasteiger partial charge in [0.15, 0.2) is 11.7 Å². The molecule has 0 saturated heterocycles. The minimum atomic E-state index is -1.37. The lowest BCUT2D eigenvalue weighted by atomic mass is 10.0. The van der Waals surface area contributed by atoms with Crippen molar-refractivity contribution in [1.29, 1.82) is 0 Å². The van der Waals surface area contributed by atoms with Crippen molar-refractivity contribution in [1.82, 2.24) is 14.7 Å². The van der Waals surface area contributed by atoms with Crippen LogP contribution in [0, 0.1) is 5.92 Å². The second kappa shape index (κ2) is 5.64. The van der Waals surface area contributed by atoms with E-state index in [0.717, 1.165) is 0 Å². The Morgan fingerprint density at radius 1 is 1.26 bits per heavy atom. The highest BCUT2D eigenvalue weighted by atomic mass is 16.2. The lowest BCUT2D eigenvalue weighted by molar-refractivity contribution is -0.143. The number of hydrogen-bond donors (Lipinski definition) is 0. The maximum Gasteiger partial charge on any atom is 0.269 e. The SMILES string of the molecule is CN(C)/C=C/C(=O)C1C(=O)N=C(N(C)C)N(C)C1=O. The molecule has 1 aliphatic heterocycles. The van der Waals surface area contributed by atoms with Gasteiger partial charge in [-0.2, -0.15) is 4.99 Å². The van der Waals surface area contributed by atoms with Crippen molar-refractivity contribution in [3.8, 4) is 0 Å². The molecule has 7 heteroatoms. The predicted molar refractivity (Wildman–Crippen MR) is 70.2 cm³/mol. The van der Waals surface area contributed by atoms with E-state index in [1.807, 2.05) is 0 Å². The average molecular weight is 266 g/mol. The van der Waals surface area contributed by atoms with Crippen LogP contribution < -0.4 is 0 Å². The van der Waals surface area contributed by atoms with Crippen LogP contribution in [0.25, 0.3) is 0 Å². The molecule has 0 aromatic carbocycles. The average Bonchev–Trinajstić information content (AvgIpc) is 2.31. The molecular weight excluding hydrogens is 248 g/mol. The summed E-state index contributed by atoms with van der Waals surface area (Å²) in [5.74, 6) is -2.98. The summed E-state index contributed by atoms with van der Waals surface area (Å²) in [6.45, 7) is 0. The minimum Gasteiger partial charge on any atom is -0.383 e. The van der Waals surface area contributed by atoms with Gasteiger partial charge in [-0.15, -0.1) is 0 Å². The van der Waals surface area contributed by atoms with Gasteiger partial charge in [0.05, 0.1) is 0 Å². The van der Waals surface area contributed by atoms with E-state index >= 15 is 0 Å². The van der Waals surface area contributed by atoms with Gasteiger partial charge in [-0.1, -0.05) is 0 Å². The molecule has 0 aromatic rings. The second-order valence-electron chi connectivity index (χ2n) is 4.66. The number of aliphatic imine (C=N–C) groups is 1. The zero-order valence-corrected chi connectivity index (χ0v) is 11.7. The van der Waals surface area contributed by atoms with Crippen molar-refractivity contribution in [3.05, 3.63) is 12.3 Å². The van der Waals surface area contributed by atoms with Gasteiger partial charge in [-0.05, 0) is 6.08 Å². The molecule has 0 aliphatic carbocycles. The fourth-order valence-corrected chi connectivity index (χ4v) is 1.60. The van der Waals surface area contributed by atoms with Crippen LogP contribution in [0.15, 0.2) is 17.3 Å². The molecule has 0 N–H and O–H groups in total. The Labute approximate surface area is 112 Å². The smallest absolute Gasteiger partial charge is 0.269 e. The molecule has 0 bridgehead atoms. The van der Waals surface area contributed by atoms with Gasteiger partial charge in [0, 0.05) is 41.4 Å². The van der Waals surface area contributed by atoms with Crippen molar-refractivity contribution in [2.75, 3.05) is 35.2 Å². The van der Waals surface area contributed by atoms with Crippen LogP contribution in [0.5, 0.6) is 0 Å². The van der Waals surface area contributed by atoms with Crippen LogP contribution in [0.3, 0.4) is 0 Å². The Bertz CT molecular complexity index is 466. The first-order valence-corrected chi connectivity index (χ1v) is 5.71. The number of nitrogens with zero attached hydrogens (tertiary/aromatic N) is 4. The number of hydrogen-bond acceptors (Lipinski definition) is 5. The summed E-state index contributed by atoms with van der Waals surface area (Å²) in [6, 6.07) is 0. The first-order valence-electron chi connectivity index (χ1n) is 5.71. The summed E-state index contributed by atoms with van der Waals surface area (Å²) >= 11 is 0. The Balaban J connectivity index is 3.03. The maximum atomic E-state index is 12.1. The molecule has 0 aromatic heterocycles. The van der Waals surface area contributed by atoms with Crippen LogP contribution in [-0.2, 0) is 14.4 Å². The van der Waals surface area contributed by atoms with Crippen LogP contribution in [0.1, 0.15) is 0 Å². The van der Waals surface area contributed by atoms with Crippen molar-refractivity contribution < 1.29 is 14.4 Å². The van der Waals surface area contributed by atoms with E-state index < -0.39 is 23.5 Å². The molecule has 1 aliphatic rings. The Kier molecular flexibility index (Phi) is 4.42. The van der Waals surface area contributed by atoms with Gasteiger partial charge in [0.2, 0.25) is 11.9 Å². The summed E-state index contributed by atoms with van der Waals surface area (Å²) < 4.78 is 0. The molecule has 0 saturated carbocycles. The summed E-state index contributed by atoms with van der Waals surface area (Å²) in [7, 11) is 8.31. The molecule has 1 rings (SSSR count). The van der Waals surface area contributed by atoms with Gasteiger partial charge in [0.1, 0.15) is 0 Å². The van der Waals surface area contributed by atoms with Gasteiger partial charge >= 0.3 is 0 Å². The molecule has 0 fully saturated rings. The standard InChI is InChI=1S/C12H18N4O3/c1-14(2)7-6-8(17)9-10(18)13-12(15(3)4)16(5)11(9)19/h6-7,9H,1-5H3/b7-6+. The molecule has 104 valence electrons. The topological polar surface area (TPSA) is 73.3 Å². The van der Waals surface area contributed by atoms with E-state index in [1.54, 1.807) is 38.0 Å². The maximum absolute atomic E-state index is 12.1. The van der Waals surface area contributed by atoms with Crippen LogP contribution in [-0.4, -0.2) is 73.5 Å². The van der Waals surface area contributed by atoms with E-state index in [0.29, 0.717) is 0 Å². The van der Waals surface area contributed by atoms with Gasteiger partial charge < -0.3 is 9.80 Å². The van der Waals surface area contributed by atoms with Crippen LogP contribution >= 0.6 is 0 Å². The zero-order valence-electron chi connectivity index (χ0n) is 11.7. The molecular formula is C12H18N4O3.